The minimum Gasteiger partial charge on any atom is -0.508 e. The highest BCUT2D eigenvalue weighted by Gasteiger charge is 2.45. The maximum Gasteiger partial charge on any atom is 0.115 e. The Labute approximate surface area is 256 Å². The van der Waals surface area contributed by atoms with Gasteiger partial charge in [0.05, 0.1) is 5.41 Å². The van der Waals surface area contributed by atoms with Crippen molar-refractivity contribution in [2.75, 3.05) is 0 Å². The maximum absolute atomic E-state index is 9.85. The number of hydrogen-bond donors (Lipinski definition) is 2. The zero-order valence-corrected chi connectivity index (χ0v) is 25.2. The number of phenols is 2. The molecule has 4 heteroatoms. The molecule has 6 aromatic rings. The van der Waals surface area contributed by atoms with Crippen LogP contribution in [0, 0.1) is 0 Å². The second kappa shape index (κ2) is 11.4. The molecule has 0 heterocycles. The van der Waals surface area contributed by atoms with E-state index in [0.29, 0.717) is 0 Å². The molecule has 41 heavy (non-hydrogen) atoms. The zero-order valence-electron chi connectivity index (χ0n) is 22.0. The van der Waals surface area contributed by atoms with Gasteiger partial charge in [0, 0.05) is 8.95 Å². The lowest BCUT2D eigenvalue weighted by Crippen LogP contribution is -2.28. The Morgan fingerprint density at radius 1 is 0.390 bits per heavy atom. The third kappa shape index (κ3) is 5.10. The molecule has 0 unspecified atom stereocenters. The summed E-state index contributed by atoms with van der Waals surface area (Å²) in [4.78, 5) is 0. The average Bonchev–Trinajstić information content (AvgIpc) is 3.30. The van der Waals surface area contributed by atoms with Crippen molar-refractivity contribution in [3.8, 4) is 33.8 Å². The average molecular weight is 662 g/mol. The van der Waals surface area contributed by atoms with Crippen molar-refractivity contribution >= 4 is 31.9 Å². The Morgan fingerprint density at radius 3 is 1.10 bits per heavy atom. The van der Waals surface area contributed by atoms with E-state index in [-0.39, 0.29) is 11.5 Å². The van der Waals surface area contributed by atoms with E-state index >= 15 is 0 Å². The van der Waals surface area contributed by atoms with E-state index in [2.05, 4.69) is 129 Å². The molecule has 6 aromatic carbocycles. The van der Waals surface area contributed by atoms with Gasteiger partial charge in [-0.1, -0.05) is 129 Å². The fourth-order valence-electron chi connectivity index (χ4n) is 5.73. The summed E-state index contributed by atoms with van der Waals surface area (Å²) in [6.07, 6.45) is 0. The van der Waals surface area contributed by atoms with E-state index < -0.39 is 5.41 Å². The van der Waals surface area contributed by atoms with Crippen molar-refractivity contribution in [3.63, 3.8) is 0 Å². The monoisotopic (exact) mass is 660 g/mol. The van der Waals surface area contributed by atoms with Crippen LogP contribution in [0.5, 0.6) is 11.5 Å². The highest BCUT2D eigenvalue weighted by molar-refractivity contribution is 9.10. The van der Waals surface area contributed by atoms with Crippen LogP contribution in [-0.2, 0) is 5.41 Å². The van der Waals surface area contributed by atoms with Crippen molar-refractivity contribution in [2.45, 2.75) is 5.41 Å². The van der Waals surface area contributed by atoms with E-state index in [1.807, 2.05) is 24.3 Å². The molecule has 0 aromatic heterocycles. The summed E-state index contributed by atoms with van der Waals surface area (Å²) in [5.41, 5.74) is 9.01. The van der Waals surface area contributed by atoms with Crippen molar-refractivity contribution in [2.24, 2.45) is 0 Å². The van der Waals surface area contributed by atoms with Gasteiger partial charge in [0.2, 0.25) is 0 Å². The van der Waals surface area contributed by atoms with Gasteiger partial charge in [-0.2, -0.15) is 0 Å². The molecule has 2 nitrogen and oxygen atoms in total. The van der Waals surface area contributed by atoms with Crippen LogP contribution in [0.4, 0.5) is 0 Å². The Hall–Kier alpha value is -4.12. The second-order valence-corrected chi connectivity index (χ2v) is 11.8. The Balaban J connectivity index is 0.000000182. The van der Waals surface area contributed by atoms with Gasteiger partial charge in [-0.25, -0.2) is 0 Å². The van der Waals surface area contributed by atoms with Crippen LogP contribution in [0.25, 0.3) is 22.3 Å². The summed E-state index contributed by atoms with van der Waals surface area (Å²) in [5, 5.41) is 19.7. The predicted molar refractivity (Wildman–Crippen MR) is 174 cm³/mol. The third-order valence-electron chi connectivity index (χ3n) is 7.57. The van der Waals surface area contributed by atoms with E-state index in [4.69, 9.17) is 0 Å². The van der Waals surface area contributed by atoms with Crippen LogP contribution >= 0.6 is 31.9 Å². The van der Waals surface area contributed by atoms with E-state index in [1.54, 1.807) is 24.3 Å². The summed E-state index contributed by atoms with van der Waals surface area (Å²) >= 11 is 6.84. The lowest BCUT2D eigenvalue weighted by Gasteiger charge is -2.33. The van der Waals surface area contributed by atoms with Gasteiger partial charge < -0.3 is 10.2 Å². The molecule has 0 atom stereocenters. The maximum atomic E-state index is 9.85. The van der Waals surface area contributed by atoms with Crippen LogP contribution < -0.4 is 0 Å². The molecule has 0 saturated heterocycles. The van der Waals surface area contributed by atoms with Gasteiger partial charge in [-0.3, -0.25) is 0 Å². The molecule has 0 radical (unpaired) electrons. The number of halogens is 2. The van der Waals surface area contributed by atoms with Crippen LogP contribution in [0.3, 0.4) is 0 Å². The molecule has 200 valence electrons. The second-order valence-electron chi connectivity index (χ2n) is 9.95. The Morgan fingerprint density at radius 2 is 0.732 bits per heavy atom. The molecule has 0 aliphatic heterocycles. The quantitative estimate of drug-likeness (QED) is 0.198. The molecular formula is C37H26Br2O2. The van der Waals surface area contributed by atoms with Crippen LogP contribution in [0.1, 0.15) is 22.3 Å². The third-order valence-corrected chi connectivity index (χ3v) is 8.63. The first-order valence-corrected chi connectivity index (χ1v) is 14.9. The molecule has 1 aliphatic rings. The molecular weight excluding hydrogens is 636 g/mol. The molecule has 0 bridgehead atoms. The van der Waals surface area contributed by atoms with Crippen LogP contribution in [0.2, 0.25) is 0 Å². The van der Waals surface area contributed by atoms with Gasteiger partial charge in [0.25, 0.3) is 0 Å². The van der Waals surface area contributed by atoms with Gasteiger partial charge in [0.1, 0.15) is 11.5 Å². The van der Waals surface area contributed by atoms with Crippen LogP contribution in [0.15, 0.2) is 155 Å². The lowest BCUT2D eigenvalue weighted by molar-refractivity contribution is 0.475. The van der Waals surface area contributed by atoms with Crippen molar-refractivity contribution < 1.29 is 10.2 Å². The van der Waals surface area contributed by atoms with Gasteiger partial charge in [0.15, 0.2) is 0 Å². The number of hydrogen-bond acceptors (Lipinski definition) is 2. The molecule has 1 aliphatic carbocycles. The topological polar surface area (TPSA) is 40.5 Å². The summed E-state index contributed by atoms with van der Waals surface area (Å²) in [7, 11) is 0. The van der Waals surface area contributed by atoms with E-state index in [9.17, 15) is 10.2 Å². The number of phenolic OH excluding ortho intramolecular Hbond substituents is 2. The smallest absolute Gasteiger partial charge is 0.115 e. The fraction of sp³-hybridized carbons (Fsp3) is 0.0270. The molecule has 0 spiro atoms. The summed E-state index contributed by atoms with van der Waals surface area (Å²) < 4.78 is 2.22. The SMILES string of the molecule is Brc1ccc(-c2ccc(Br)cc2)cc1.Oc1ccc(C2(c3ccc(O)cc3)c3ccccc3-c3ccccc32)cc1. The normalized spacial score (nSPS) is 12.5. The standard InChI is InChI=1S/C25H18O2.C12H8Br2/c26-19-13-9-17(10-14-19)25(18-11-15-20(27)16-12-18)23-7-3-1-5-21(23)22-6-2-4-8-24(22)25;13-11-5-1-9(2-6-11)10-3-7-12(14)8-4-10/h1-16,26-27H;1-8H. The first-order valence-electron chi connectivity index (χ1n) is 13.3. The van der Waals surface area contributed by atoms with Crippen LogP contribution in [-0.4, -0.2) is 10.2 Å². The largest absolute Gasteiger partial charge is 0.508 e. The van der Waals surface area contributed by atoms with Gasteiger partial charge in [-0.05, 0) is 93.0 Å². The number of rotatable bonds is 3. The lowest BCUT2D eigenvalue weighted by atomic mass is 9.68. The van der Waals surface area contributed by atoms with E-state index in [1.165, 1.54) is 33.4 Å². The first kappa shape index (κ1) is 27.1. The van der Waals surface area contributed by atoms with Gasteiger partial charge >= 0.3 is 0 Å². The van der Waals surface area contributed by atoms with Crippen molar-refractivity contribution in [3.05, 3.63) is 177 Å². The van der Waals surface area contributed by atoms with Crippen molar-refractivity contribution in [1.82, 2.24) is 0 Å². The summed E-state index contributed by atoms with van der Waals surface area (Å²) in [6, 6.07) is 48.5. The highest BCUT2D eigenvalue weighted by atomic mass is 79.9. The number of aromatic hydroxyl groups is 2. The fourth-order valence-corrected chi connectivity index (χ4v) is 6.26. The summed E-state index contributed by atoms with van der Waals surface area (Å²) in [5.74, 6) is 0.498. The van der Waals surface area contributed by atoms with E-state index in [0.717, 1.165) is 20.1 Å². The van der Waals surface area contributed by atoms with Crippen molar-refractivity contribution in [1.29, 1.82) is 0 Å². The molecule has 0 fully saturated rings. The minimum atomic E-state index is -0.491. The predicted octanol–water partition coefficient (Wildman–Crippen LogP) is 10.3. The molecule has 2 N–H and O–H groups in total. The number of benzene rings is 6. The molecule has 0 saturated carbocycles. The zero-order chi connectivity index (χ0) is 28.4. The Bertz CT molecular complexity index is 1660. The summed E-state index contributed by atoms with van der Waals surface area (Å²) in [6.45, 7) is 0. The highest BCUT2D eigenvalue weighted by Crippen LogP contribution is 2.56. The minimum absolute atomic E-state index is 0.249. The number of fused-ring (bicyclic) bond motifs is 3. The van der Waals surface area contributed by atoms with Gasteiger partial charge in [-0.15, -0.1) is 0 Å². The first-order chi connectivity index (χ1) is 20.0. The molecule has 7 rings (SSSR count). The Kier molecular flexibility index (Phi) is 7.53. The molecule has 0 amide bonds.